The molecule has 0 saturated heterocycles. The molecule has 3 aromatic carbocycles. The van der Waals surface area contributed by atoms with Crippen LogP contribution in [0.4, 0.5) is 5.69 Å². The molecule has 208 valence electrons. The summed E-state index contributed by atoms with van der Waals surface area (Å²) in [6.07, 6.45) is 0.741. The van der Waals surface area contributed by atoms with Crippen LogP contribution < -0.4 is 9.62 Å². The van der Waals surface area contributed by atoms with Gasteiger partial charge in [-0.05, 0) is 76.1 Å². The van der Waals surface area contributed by atoms with E-state index in [9.17, 15) is 18.0 Å². The van der Waals surface area contributed by atoms with Crippen molar-refractivity contribution in [1.82, 2.24) is 10.2 Å². The van der Waals surface area contributed by atoms with Crippen LogP contribution in [0.2, 0.25) is 5.02 Å². The molecule has 0 radical (unpaired) electrons. The van der Waals surface area contributed by atoms with E-state index in [1.807, 2.05) is 52.0 Å². The van der Waals surface area contributed by atoms with Crippen LogP contribution in [-0.2, 0) is 26.2 Å². The molecule has 2 amide bonds. The molecule has 0 aliphatic heterocycles. The Morgan fingerprint density at radius 2 is 1.41 bits per heavy atom. The van der Waals surface area contributed by atoms with Crippen molar-refractivity contribution < 1.29 is 18.0 Å². The fourth-order valence-electron chi connectivity index (χ4n) is 3.91. The van der Waals surface area contributed by atoms with E-state index in [4.69, 9.17) is 11.6 Å². The van der Waals surface area contributed by atoms with Gasteiger partial charge in [0.1, 0.15) is 12.6 Å². The number of hydrogen-bond donors (Lipinski definition) is 1. The average molecular weight is 570 g/mol. The topological polar surface area (TPSA) is 86.8 Å². The highest BCUT2D eigenvalue weighted by atomic mass is 35.5. The van der Waals surface area contributed by atoms with Crippen LogP contribution in [0.1, 0.15) is 43.9 Å². The third-order valence-electron chi connectivity index (χ3n) is 6.64. The number of aryl methyl sites for hydroxylation is 2. The van der Waals surface area contributed by atoms with Crippen molar-refractivity contribution in [2.24, 2.45) is 0 Å². The molecule has 2 atom stereocenters. The van der Waals surface area contributed by atoms with Crippen LogP contribution in [0.25, 0.3) is 0 Å². The summed E-state index contributed by atoms with van der Waals surface area (Å²) in [5, 5.41) is 3.34. The molecular weight excluding hydrogens is 534 g/mol. The van der Waals surface area contributed by atoms with Crippen molar-refractivity contribution in [2.45, 2.75) is 64.6 Å². The Morgan fingerprint density at radius 1 is 0.872 bits per heavy atom. The Balaban J connectivity index is 2.01. The van der Waals surface area contributed by atoms with Gasteiger partial charge in [0.25, 0.3) is 10.0 Å². The molecule has 3 rings (SSSR count). The standard InChI is InChI=1S/C30H36ClN3O4S/c1-6-23(4)32-30(36)24(5)33(19-25-11-7-21(2)8-12-25)29(35)20-34(27-15-9-22(3)10-16-27)39(37,38)28-17-13-26(31)14-18-28/h7-18,23-24H,6,19-20H2,1-5H3,(H,32,36)/t23-,24+/m0/s1. The summed E-state index contributed by atoms with van der Waals surface area (Å²) in [5.74, 6) is -0.798. The molecule has 0 aromatic heterocycles. The van der Waals surface area contributed by atoms with Crippen molar-refractivity contribution in [2.75, 3.05) is 10.8 Å². The molecule has 0 fully saturated rings. The van der Waals surface area contributed by atoms with Crippen LogP contribution in [0.15, 0.2) is 77.7 Å². The van der Waals surface area contributed by atoms with E-state index in [2.05, 4.69) is 5.32 Å². The number of benzene rings is 3. The van der Waals surface area contributed by atoms with Gasteiger partial charge >= 0.3 is 0 Å². The number of carbonyl (C=O) groups is 2. The number of halogens is 1. The predicted octanol–water partition coefficient (Wildman–Crippen LogP) is 5.48. The molecule has 7 nitrogen and oxygen atoms in total. The number of amides is 2. The van der Waals surface area contributed by atoms with Gasteiger partial charge < -0.3 is 10.2 Å². The number of sulfonamides is 1. The summed E-state index contributed by atoms with van der Waals surface area (Å²) in [5.41, 5.74) is 3.19. The maximum absolute atomic E-state index is 13.9. The number of rotatable bonds is 11. The zero-order chi connectivity index (χ0) is 28.7. The zero-order valence-corrected chi connectivity index (χ0v) is 24.6. The molecule has 0 saturated carbocycles. The lowest BCUT2D eigenvalue weighted by Crippen LogP contribution is -2.52. The van der Waals surface area contributed by atoms with Crippen molar-refractivity contribution in [3.8, 4) is 0 Å². The van der Waals surface area contributed by atoms with E-state index < -0.39 is 28.5 Å². The lowest BCUT2D eigenvalue weighted by atomic mass is 10.1. The number of anilines is 1. The molecule has 39 heavy (non-hydrogen) atoms. The average Bonchev–Trinajstić information content (AvgIpc) is 2.91. The number of hydrogen-bond acceptors (Lipinski definition) is 4. The fourth-order valence-corrected chi connectivity index (χ4v) is 5.45. The number of nitrogens with zero attached hydrogens (tertiary/aromatic N) is 2. The van der Waals surface area contributed by atoms with E-state index in [1.165, 1.54) is 29.2 Å². The quantitative estimate of drug-likeness (QED) is 0.331. The molecule has 0 heterocycles. The highest BCUT2D eigenvalue weighted by Crippen LogP contribution is 2.26. The van der Waals surface area contributed by atoms with Gasteiger partial charge in [0, 0.05) is 17.6 Å². The van der Waals surface area contributed by atoms with E-state index in [0.717, 1.165) is 27.4 Å². The third kappa shape index (κ3) is 7.83. The van der Waals surface area contributed by atoms with Gasteiger partial charge in [-0.15, -0.1) is 0 Å². The van der Waals surface area contributed by atoms with E-state index >= 15 is 0 Å². The van der Waals surface area contributed by atoms with Gasteiger partial charge in [-0.25, -0.2) is 8.42 Å². The smallest absolute Gasteiger partial charge is 0.264 e. The first-order chi connectivity index (χ1) is 18.4. The van der Waals surface area contributed by atoms with Gasteiger partial charge in [0.05, 0.1) is 10.6 Å². The summed E-state index contributed by atoms with van der Waals surface area (Å²) < 4.78 is 28.7. The molecule has 0 unspecified atom stereocenters. The monoisotopic (exact) mass is 569 g/mol. The Bertz CT molecular complexity index is 1380. The summed E-state index contributed by atoms with van der Waals surface area (Å²) in [6.45, 7) is 9.05. The predicted molar refractivity (Wildman–Crippen MR) is 156 cm³/mol. The Morgan fingerprint density at radius 3 is 1.95 bits per heavy atom. The van der Waals surface area contributed by atoms with Crippen LogP contribution in [0, 0.1) is 13.8 Å². The Kier molecular flexibility index (Phi) is 10.2. The first-order valence-corrected chi connectivity index (χ1v) is 14.7. The molecule has 9 heteroatoms. The number of nitrogens with one attached hydrogen (secondary N) is 1. The van der Waals surface area contributed by atoms with Crippen molar-refractivity contribution in [1.29, 1.82) is 0 Å². The first kappa shape index (κ1) is 30.2. The SMILES string of the molecule is CC[C@H](C)NC(=O)[C@@H](C)N(Cc1ccc(C)cc1)C(=O)CN(c1ccc(C)cc1)S(=O)(=O)c1ccc(Cl)cc1. The van der Waals surface area contributed by atoms with Gasteiger partial charge in [-0.1, -0.05) is 66.0 Å². The van der Waals surface area contributed by atoms with Gasteiger partial charge in [0.2, 0.25) is 11.8 Å². The van der Waals surface area contributed by atoms with Crippen molar-refractivity contribution in [3.05, 3.63) is 94.5 Å². The summed E-state index contributed by atoms with van der Waals surface area (Å²) in [4.78, 5) is 28.5. The highest BCUT2D eigenvalue weighted by molar-refractivity contribution is 7.92. The Hall–Kier alpha value is -3.36. The Labute approximate surface area is 236 Å². The molecule has 0 aliphatic rings. The first-order valence-electron chi connectivity index (χ1n) is 12.9. The van der Waals surface area contributed by atoms with Crippen LogP contribution in [0.5, 0.6) is 0 Å². The van der Waals surface area contributed by atoms with Crippen LogP contribution >= 0.6 is 11.6 Å². The van der Waals surface area contributed by atoms with Gasteiger partial charge in [-0.3, -0.25) is 13.9 Å². The molecule has 3 aromatic rings. The van der Waals surface area contributed by atoms with Crippen LogP contribution in [0.3, 0.4) is 0 Å². The van der Waals surface area contributed by atoms with E-state index in [0.29, 0.717) is 10.7 Å². The zero-order valence-electron chi connectivity index (χ0n) is 23.0. The van der Waals surface area contributed by atoms with E-state index in [-0.39, 0.29) is 23.4 Å². The molecule has 0 bridgehead atoms. The lowest BCUT2D eigenvalue weighted by molar-refractivity contribution is -0.139. The minimum Gasteiger partial charge on any atom is -0.352 e. The summed E-state index contributed by atoms with van der Waals surface area (Å²) >= 11 is 5.99. The maximum Gasteiger partial charge on any atom is 0.264 e. The van der Waals surface area contributed by atoms with Gasteiger partial charge in [-0.2, -0.15) is 0 Å². The molecule has 0 aliphatic carbocycles. The second-order valence-corrected chi connectivity index (χ2v) is 12.1. The minimum absolute atomic E-state index is 0.00733. The second kappa shape index (κ2) is 13.1. The van der Waals surface area contributed by atoms with Crippen molar-refractivity contribution >= 4 is 39.1 Å². The second-order valence-electron chi connectivity index (χ2n) is 9.80. The number of carbonyl (C=O) groups excluding carboxylic acids is 2. The van der Waals surface area contributed by atoms with Crippen LogP contribution in [-0.4, -0.2) is 43.8 Å². The molecule has 1 N–H and O–H groups in total. The lowest BCUT2D eigenvalue weighted by Gasteiger charge is -2.32. The fraction of sp³-hybridized carbons (Fsp3) is 0.333. The maximum atomic E-state index is 13.9. The summed E-state index contributed by atoms with van der Waals surface area (Å²) in [6, 6.07) is 19.5. The highest BCUT2D eigenvalue weighted by Gasteiger charge is 2.32. The molecule has 0 spiro atoms. The minimum atomic E-state index is -4.13. The molecular formula is C30H36ClN3O4S. The van der Waals surface area contributed by atoms with Gasteiger partial charge in [0.15, 0.2) is 0 Å². The van der Waals surface area contributed by atoms with Crippen molar-refractivity contribution in [3.63, 3.8) is 0 Å². The third-order valence-corrected chi connectivity index (χ3v) is 8.68. The van der Waals surface area contributed by atoms with E-state index in [1.54, 1.807) is 31.2 Å². The summed E-state index contributed by atoms with van der Waals surface area (Å²) in [7, 11) is -4.13. The largest absolute Gasteiger partial charge is 0.352 e. The normalized spacial score (nSPS) is 12.9.